The molecule has 74 valence electrons. The molecule has 0 N–H and O–H groups in total. The van der Waals surface area contributed by atoms with Gasteiger partial charge in [0.1, 0.15) is 0 Å². The summed E-state index contributed by atoms with van der Waals surface area (Å²) in [5.41, 5.74) is 0.680. The third kappa shape index (κ3) is 2.14. The van der Waals surface area contributed by atoms with Crippen LogP contribution in [0.15, 0.2) is 18.5 Å². The van der Waals surface area contributed by atoms with Crippen molar-refractivity contribution in [1.29, 1.82) is 0 Å². The predicted molar refractivity (Wildman–Crippen MR) is 48.7 cm³/mol. The van der Waals surface area contributed by atoms with Crippen LogP contribution in [0.3, 0.4) is 0 Å². The third-order valence-electron chi connectivity index (χ3n) is 1.70. The fraction of sp³-hybridized carbons (Fsp3) is 0.222. The van der Waals surface area contributed by atoms with Crippen LogP contribution in [-0.4, -0.2) is 36.4 Å². The highest BCUT2D eigenvalue weighted by molar-refractivity contribution is 5.94. The van der Waals surface area contributed by atoms with Crippen LogP contribution in [0.2, 0.25) is 0 Å². The van der Waals surface area contributed by atoms with E-state index in [4.69, 9.17) is 4.84 Å². The van der Waals surface area contributed by atoms with E-state index in [9.17, 15) is 9.59 Å². The number of hydrogen-bond donors (Lipinski definition) is 0. The van der Waals surface area contributed by atoms with E-state index in [-0.39, 0.29) is 5.91 Å². The topological polar surface area (TPSA) is 59.5 Å². The standard InChI is InChI=1S/C9H10N2O3/c1-11(14-2)9(13)8-3-7(6-12)4-10-5-8/h3-6H,1-2H3. The molecule has 0 saturated heterocycles. The van der Waals surface area contributed by atoms with Crippen molar-refractivity contribution in [3.8, 4) is 0 Å². The Morgan fingerprint density at radius 1 is 1.57 bits per heavy atom. The zero-order chi connectivity index (χ0) is 10.6. The summed E-state index contributed by atoms with van der Waals surface area (Å²) in [6.45, 7) is 0. The molecule has 0 unspecified atom stereocenters. The third-order valence-corrected chi connectivity index (χ3v) is 1.70. The van der Waals surface area contributed by atoms with Crippen molar-refractivity contribution in [3.63, 3.8) is 0 Å². The van der Waals surface area contributed by atoms with Crippen LogP contribution in [0.4, 0.5) is 0 Å². The van der Waals surface area contributed by atoms with Gasteiger partial charge < -0.3 is 0 Å². The number of amides is 1. The molecule has 1 aromatic rings. The molecule has 0 radical (unpaired) electrons. The highest BCUT2D eigenvalue weighted by Gasteiger charge is 2.11. The monoisotopic (exact) mass is 194 g/mol. The van der Waals surface area contributed by atoms with Crippen LogP contribution >= 0.6 is 0 Å². The van der Waals surface area contributed by atoms with Crippen LogP contribution in [-0.2, 0) is 4.84 Å². The Hall–Kier alpha value is -1.75. The van der Waals surface area contributed by atoms with Crippen molar-refractivity contribution < 1.29 is 14.4 Å². The van der Waals surface area contributed by atoms with Crippen molar-refractivity contribution >= 4 is 12.2 Å². The molecule has 0 saturated carbocycles. The van der Waals surface area contributed by atoms with E-state index in [1.807, 2.05) is 0 Å². The zero-order valence-electron chi connectivity index (χ0n) is 7.93. The number of hydrogen-bond acceptors (Lipinski definition) is 4. The van der Waals surface area contributed by atoms with Gasteiger partial charge in [-0.25, -0.2) is 5.06 Å². The minimum Gasteiger partial charge on any atom is -0.298 e. The molecular weight excluding hydrogens is 184 g/mol. The molecule has 0 aliphatic heterocycles. The van der Waals surface area contributed by atoms with E-state index in [0.29, 0.717) is 17.4 Å². The van der Waals surface area contributed by atoms with Gasteiger partial charge >= 0.3 is 0 Å². The van der Waals surface area contributed by atoms with Gasteiger partial charge in [0, 0.05) is 25.0 Å². The van der Waals surface area contributed by atoms with Crippen LogP contribution in [0.5, 0.6) is 0 Å². The highest BCUT2D eigenvalue weighted by atomic mass is 16.7. The molecule has 0 aliphatic rings. The Labute approximate surface area is 81.3 Å². The van der Waals surface area contributed by atoms with Crippen LogP contribution in [0.25, 0.3) is 0 Å². The number of rotatable bonds is 3. The quantitative estimate of drug-likeness (QED) is 0.520. The summed E-state index contributed by atoms with van der Waals surface area (Å²) in [7, 11) is 2.87. The van der Waals surface area contributed by atoms with Gasteiger partial charge in [0.15, 0.2) is 6.29 Å². The second-order valence-corrected chi connectivity index (χ2v) is 2.61. The van der Waals surface area contributed by atoms with Gasteiger partial charge in [-0.3, -0.25) is 19.4 Å². The van der Waals surface area contributed by atoms with E-state index in [0.717, 1.165) is 5.06 Å². The van der Waals surface area contributed by atoms with E-state index in [2.05, 4.69) is 4.98 Å². The summed E-state index contributed by atoms with van der Waals surface area (Å²) in [4.78, 5) is 30.4. The Kier molecular flexibility index (Phi) is 3.30. The number of nitrogens with zero attached hydrogens (tertiary/aromatic N) is 2. The fourth-order valence-corrected chi connectivity index (χ4v) is 0.904. The lowest BCUT2D eigenvalue weighted by Crippen LogP contribution is -2.25. The van der Waals surface area contributed by atoms with Gasteiger partial charge in [0.25, 0.3) is 5.91 Å². The average molecular weight is 194 g/mol. The maximum absolute atomic E-state index is 11.5. The van der Waals surface area contributed by atoms with E-state index >= 15 is 0 Å². The molecule has 0 aromatic carbocycles. The van der Waals surface area contributed by atoms with E-state index < -0.39 is 0 Å². The molecular formula is C9H10N2O3. The maximum atomic E-state index is 11.5. The first-order valence-corrected chi connectivity index (χ1v) is 3.91. The Bertz CT molecular complexity index is 352. The fourth-order valence-electron chi connectivity index (χ4n) is 0.904. The number of aldehydes is 1. The van der Waals surface area contributed by atoms with Crippen LogP contribution in [0, 0.1) is 0 Å². The van der Waals surface area contributed by atoms with Gasteiger partial charge in [0.2, 0.25) is 0 Å². The largest absolute Gasteiger partial charge is 0.298 e. The van der Waals surface area contributed by atoms with E-state index in [1.165, 1.54) is 32.6 Å². The molecule has 14 heavy (non-hydrogen) atoms. The molecule has 0 bridgehead atoms. The molecule has 1 heterocycles. The summed E-state index contributed by atoms with van der Waals surface area (Å²) in [6.07, 6.45) is 3.40. The summed E-state index contributed by atoms with van der Waals surface area (Å²) >= 11 is 0. The summed E-state index contributed by atoms with van der Waals surface area (Å²) in [5.74, 6) is -0.344. The number of pyridine rings is 1. The highest BCUT2D eigenvalue weighted by Crippen LogP contribution is 2.03. The molecule has 1 aromatic heterocycles. The summed E-state index contributed by atoms with van der Waals surface area (Å²) in [5, 5.41) is 1.06. The second kappa shape index (κ2) is 4.48. The van der Waals surface area contributed by atoms with Gasteiger partial charge in [-0.2, -0.15) is 0 Å². The normalized spacial score (nSPS) is 9.57. The first kappa shape index (κ1) is 10.3. The van der Waals surface area contributed by atoms with Crippen molar-refractivity contribution in [2.75, 3.05) is 14.2 Å². The lowest BCUT2D eigenvalue weighted by Gasteiger charge is -2.12. The molecule has 0 aliphatic carbocycles. The van der Waals surface area contributed by atoms with Crippen molar-refractivity contribution in [2.24, 2.45) is 0 Å². The van der Waals surface area contributed by atoms with Crippen LogP contribution < -0.4 is 0 Å². The number of carbonyl (C=O) groups excluding carboxylic acids is 2. The van der Waals surface area contributed by atoms with Crippen molar-refractivity contribution in [1.82, 2.24) is 10.0 Å². The summed E-state index contributed by atoms with van der Waals surface area (Å²) in [6, 6.07) is 1.46. The lowest BCUT2D eigenvalue weighted by molar-refractivity contribution is -0.0757. The van der Waals surface area contributed by atoms with Gasteiger partial charge in [-0.05, 0) is 6.07 Å². The predicted octanol–water partition coefficient (Wildman–Crippen LogP) is 0.527. The Balaban J connectivity index is 2.95. The molecule has 0 fully saturated rings. The second-order valence-electron chi connectivity index (χ2n) is 2.61. The van der Waals surface area contributed by atoms with E-state index in [1.54, 1.807) is 0 Å². The van der Waals surface area contributed by atoms with Crippen molar-refractivity contribution in [2.45, 2.75) is 0 Å². The Morgan fingerprint density at radius 2 is 2.29 bits per heavy atom. The molecule has 1 amide bonds. The summed E-state index contributed by atoms with van der Waals surface area (Å²) < 4.78 is 0. The minimum atomic E-state index is -0.344. The molecule has 0 atom stereocenters. The molecule has 1 rings (SSSR count). The van der Waals surface area contributed by atoms with Crippen LogP contribution in [0.1, 0.15) is 20.7 Å². The average Bonchev–Trinajstić information content (AvgIpc) is 2.27. The first-order chi connectivity index (χ1) is 6.69. The lowest BCUT2D eigenvalue weighted by atomic mass is 10.2. The van der Waals surface area contributed by atoms with Crippen molar-refractivity contribution in [3.05, 3.63) is 29.6 Å². The number of aromatic nitrogens is 1. The molecule has 5 heteroatoms. The smallest absolute Gasteiger partial charge is 0.278 e. The number of carbonyl (C=O) groups is 2. The SMILES string of the molecule is CON(C)C(=O)c1cncc(C=O)c1. The molecule has 5 nitrogen and oxygen atoms in total. The Morgan fingerprint density at radius 3 is 2.86 bits per heavy atom. The minimum absolute atomic E-state index is 0.318. The number of hydroxylamine groups is 2. The van der Waals surface area contributed by atoms with Gasteiger partial charge in [0.05, 0.1) is 12.7 Å². The van der Waals surface area contributed by atoms with Gasteiger partial charge in [-0.1, -0.05) is 0 Å². The molecule has 0 spiro atoms. The van der Waals surface area contributed by atoms with Gasteiger partial charge in [-0.15, -0.1) is 0 Å². The maximum Gasteiger partial charge on any atom is 0.278 e. The zero-order valence-corrected chi connectivity index (χ0v) is 7.93. The first-order valence-electron chi connectivity index (χ1n) is 3.91.